The van der Waals surface area contributed by atoms with E-state index in [0.29, 0.717) is 12.6 Å². The number of esters is 1. The van der Waals surface area contributed by atoms with Crippen molar-refractivity contribution >= 4 is 5.97 Å². The lowest BCUT2D eigenvalue weighted by molar-refractivity contribution is -0.153. The van der Waals surface area contributed by atoms with Gasteiger partial charge in [-0.05, 0) is 65.0 Å². The maximum atomic E-state index is 12.4. The van der Waals surface area contributed by atoms with Crippen LogP contribution in [-0.2, 0) is 9.53 Å². The minimum atomic E-state index is -0.453. The van der Waals surface area contributed by atoms with Crippen molar-refractivity contribution in [3.05, 3.63) is 0 Å². The molecule has 2 saturated carbocycles. The first-order chi connectivity index (χ1) is 9.61. The Hall–Kier alpha value is -0.610. The average molecular weight is 282 g/mol. The Morgan fingerprint density at radius 1 is 1.35 bits per heavy atom. The van der Waals surface area contributed by atoms with Gasteiger partial charge >= 0.3 is 5.97 Å². The van der Waals surface area contributed by atoms with Crippen molar-refractivity contribution in [2.75, 3.05) is 26.7 Å². The first-order valence-electron chi connectivity index (χ1n) is 8.23. The van der Waals surface area contributed by atoms with Gasteiger partial charge in [-0.1, -0.05) is 6.92 Å². The fourth-order valence-corrected chi connectivity index (χ4v) is 3.50. The Morgan fingerprint density at radius 3 is 2.70 bits per heavy atom. The van der Waals surface area contributed by atoms with E-state index >= 15 is 0 Å². The zero-order valence-corrected chi connectivity index (χ0v) is 13.3. The van der Waals surface area contributed by atoms with Gasteiger partial charge in [0.2, 0.25) is 0 Å². The molecule has 4 nitrogen and oxygen atoms in total. The van der Waals surface area contributed by atoms with Crippen LogP contribution in [0.1, 0.15) is 52.4 Å². The summed E-state index contributed by atoms with van der Waals surface area (Å²) in [5.74, 6) is 0.851. The molecule has 116 valence electrons. The summed E-state index contributed by atoms with van der Waals surface area (Å²) in [4.78, 5) is 14.9. The van der Waals surface area contributed by atoms with Crippen molar-refractivity contribution in [3.8, 4) is 0 Å². The molecule has 20 heavy (non-hydrogen) atoms. The van der Waals surface area contributed by atoms with Crippen molar-refractivity contribution < 1.29 is 9.53 Å². The van der Waals surface area contributed by atoms with E-state index in [1.165, 1.54) is 25.8 Å². The highest BCUT2D eigenvalue weighted by Gasteiger charge is 2.44. The maximum absolute atomic E-state index is 12.4. The van der Waals surface area contributed by atoms with Gasteiger partial charge in [-0.2, -0.15) is 0 Å². The summed E-state index contributed by atoms with van der Waals surface area (Å²) >= 11 is 0. The van der Waals surface area contributed by atoms with Crippen molar-refractivity contribution in [2.24, 2.45) is 5.92 Å². The number of hydrogen-bond donors (Lipinski definition) is 1. The van der Waals surface area contributed by atoms with Gasteiger partial charge in [0.05, 0.1) is 6.61 Å². The fourth-order valence-electron chi connectivity index (χ4n) is 3.50. The molecule has 2 atom stereocenters. The normalized spacial score (nSPS) is 30.5. The summed E-state index contributed by atoms with van der Waals surface area (Å²) in [6, 6.07) is 0.507. The molecule has 0 aromatic heterocycles. The molecule has 1 N–H and O–H groups in total. The number of ether oxygens (including phenoxy) is 1. The van der Waals surface area contributed by atoms with Crippen LogP contribution in [0, 0.1) is 5.92 Å². The van der Waals surface area contributed by atoms with Crippen LogP contribution < -0.4 is 5.32 Å². The van der Waals surface area contributed by atoms with E-state index in [9.17, 15) is 4.79 Å². The molecule has 0 radical (unpaired) electrons. The van der Waals surface area contributed by atoms with Crippen molar-refractivity contribution in [3.63, 3.8) is 0 Å². The summed E-state index contributed by atoms with van der Waals surface area (Å²) in [7, 11) is 2.22. The highest BCUT2D eigenvalue weighted by molar-refractivity contribution is 5.81. The van der Waals surface area contributed by atoms with Gasteiger partial charge in [-0.3, -0.25) is 4.79 Å². The van der Waals surface area contributed by atoms with Crippen LogP contribution in [0.2, 0.25) is 0 Å². The number of rotatable bonds is 7. The molecule has 0 aromatic carbocycles. The number of nitrogens with one attached hydrogen (secondary N) is 1. The topological polar surface area (TPSA) is 41.6 Å². The molecule has 2 rings (SSSR count). The van der Waals surface area contributed by atoms with E-state index in [1.54, 1.807) is 0 Å². The minimum Gasteiger partial charge on any atom is -0.465 e. The lowest BCUT2D eigenvalue weighted by Gasteiger charge is -2.42. The molecule has 0 bridgehead atoms. The quantitative estimate of drug-likeness (QED) is 0.727. The smallest absolute Gasteiger partial charge is 0.326 e. The van der Waals surface area contributed by atoms with Gasteiger partial charge in [0.1, 0.15) is 5.54 Å². The Labute approximate surface area is 123 Å². The van der Waals surface area contributed by atoms with Crippen LogP contribution in [0.5, 0.6) is 0 Å². The third-order valence-corrected chi connectivity index (χ3v) is 4.77. The summed E-state index contributed by atoms with van der Waals surface area (Å²) in [5.41, 5.74) is -0.453. The molecular weight excluding hydrogens is 252 g/mol. The molecule has 0 spiro atoms. The average Bonchev–Trinajstić information content (AvgIpc) is 3.23. The lowest BCUT2D eigenvalue weighted by atomic mass is 9.78. The Kier molecular flexibility index (Phi) is 5.44. The van der Waals surface area contributed by atoms with Crippen molar-refractivity contribution in [2.45, 2.75) is 64.0 Å². The Balaban J connectivity index is 2.01. The molecule has 2 aliphatic carbocycles. The molecule has 0 aromatic rings. The van der Waals surface area contributed by atoms with E-state index in [0.717, 1.165) is 31.7 Å². The Bertz CT molecular complexity index is 326. The maximum Gasteiger partial charge on any atom is 0.326 e. The highest BCUT2D eigenvalue weighted by Crippen LogP contribution is 2.35. The molecule has 2 aliphatic rings. The van der Waals surface area contributed by atoms with E-state index in [1.807, 2.05) is 6.92 Å². The zero-order chi connectivity index (χ0) is 14.6. The van der Waals surface area contributed by atoms with Gasteiger partial charge < -0.3 is 15.0 Å². The van der Waals surface area contributed by atoms with Crippen LogP contribution in [-0.4, -0.2) is 49.2 Å². The molecule has 2 unspecified atom stereocenters. The van der Waals surface area contributed by atoms with Gasteiger partial charge in [0.15, 0.2) is 0 Å². The van der Waals surface area contributed by atoms with Gasteiger partial charge in [0.25, 0.3) is 0 Å². The minimum absolute atomic E-state index is 0.0497. The van der Waals surface area contributed by atoms with E-state index in [4.69, 9.17) is 4.74 Å². The summed E-state index contributed by atoms with van der Waals surface area (Å²) < 4.78 is 5.34. The first-order valence-corrected chi connectivity index (χ1v) is 8.23. The van der Waals surface area contributed by atoms with E-state index in [-0.39, 0.29) is 5.97 Å². The lowest BCUT2D eigenvalue weighted by Crippen LogP contribution is -2.58. The van der Waals surface area contributed by atoms with E-state index in [2.05, 4.69) is 24.2 Å². The van der Waals surface area contributed by atoms with Gasteiger partial charge in [-0.15, -0.1) is 0 Å². The molecule has 0 amide bonds. The number of carbonyl (C=O) groups excluding carboxylic acids is 1. The van der Waals surface area contributed by atoms with Gasteiger partial charge in [-0.25, -0.2) is 0 Å². The molecule has 0 saturated heterocycles. The fraction of sp³-hybridized carbons (Fsp3) is 0.938. The molecule has 0 heterocycles. The van der Waals surface area contributed by atoms with Crippen LogP contribution in [0.4, 0.5) is 0 Å². The summed E-state index contributed by atoms with van der Waals surface area (Å²) in [6.07, 6.45) is 6.87. The van der Waals surface area contributed by atoms with Crippen molar-refractivity contribution in [1.29, 1.82) is 0 Å². The number of carbonyl (C=O) groups is 1. The standard InChI is InChI=1S/C16H30N2O2/c1-4-17-16(15(19)20-5-2)10-6-7-14(11-16)18(3)12-13-8-9-13/h13-14,17H,4-12H2,1-3H3. The SMILES string of the molecule is CCNC1(C(=O)OCC)CCCC(N(C)CC2CC2)C1. The zero-order valence-electron chi connectivity index (χ0n) is 13.3. The monoisotopic (exact) mass is 282 g/mol. The molecule has 4 heteroatoms. The number of nitrogens with zero attached hydrogens (tertiary/aromatic N) is 1. The largest absolute Gasteiger partial charge is 0.465 e. The summed E-state index contributed by atoms with van der Waals surface area (Å²) in [5, 5.41) is 3.44. The first kappa shape index (κ1) is 15.8. The predicted molar refractivity (Wildman–Crippen MR) is 80.7 cm³/mol. The number of hydrogen-bond acceptors (Lipinski definition) is 4. The van der Waals surface area contributed by atoms with Crippen LogP contribution in [0.25, 0.3) is 0 Å². The Morgan fingerprint density at radius 2 is 2.10 bits per heavy atom. The van der Waals surface area contributed by atoms with Crippen LogP contribution in [0.3, 0.4) is 0 Å². The van der Waals surface area contributed by atoms with Crippen LogP contribution >= 0.6 is 0 Å². The second kappa shape index (κ2) is 6.90. The van der Waals surface area contributed by atoms with Crippen LogP contribution in [0.15, 0.2) is 0 Å². The predicted octanol–water partition coefficient (Wildman–Crippen LogP) is 2.18. The van der Waals surface area contributed by atoms with E-state index < -0.39 is 5.54 Å². The second-order valence-corrected chi connectivity index (χ2v) is 6.47. The van der Waals surface area contributed by atoms with Crippen molar-refractivity contribution in [1.82, 2.24) is 10.2 Å². The molecule has 2 fully saturated rings. The van der Waals surface area contributed by atoms with Gasteiger partial charge in [0, 0.05) is 12.6 Å². The number of likely N-dealkylation sites (N-methyl/N-ethyl adjacent to an activating group) is 1. The highest BCUT2D eigenvalue weighted by atomic mass is 16.5. The molecular formula is C16H30N2O2. The third-order valence-electron chi connectivity index (χ3n) is 4.77. The summed E-state index contributed by atoms with van der Waals surface area (Å²) in [6.45, 7) is 6.43. The third kappa shape index (κ3) is 3.73. The molecule has 0 aliphatic heterocycles. The second-order valence-electron chi connectivity index (χ2n) is 6.47.